The Balaban J connectivity index is 0.000000256. The predicted molar refractivity (Wildman–Crippen MR) is 275 cm³/mol. The first kappa shape index (κ1) is 68.0. The highest BCUT2D eigenvalue weighted by Crippen LogP contribution is 2.59. The van der Waals surface area contributed by atoms with Crippen molar-refractivity contribution in [3.05, 3.63) is 214 Å². The lowest BCUT2D eigenvalue weighted by Crippen LogP contribution is -2.54. The highest BCUT2D eigenvalue weighted by atomic mass is 19.4. The van der Waals surface area contributed by atoms with Gasteiger partial charge in [-0.1, -0.05) is 48.5 Å². The smallest absolute Gasteiger partial charge is 0.420 e. The second-order valence-corrected chi connectivity index (χ2v) is 19.1. The second-order valence-electron chi connectivity index (χ2n) is 19.1. The summed E-state index contributed by atoms with van der Waals surface area (Å²) in [6, 6.07) is 17.6. The lowest BCUT2D eigenvalue weighted by atomic mass is 9.73. The highest BCUT2D eigenvalue weighted by Gasteiger charge is 2.73. The zero-order valence-electron chi connectivity index (χ0n) is 44.2. The average Bonchev–Trinajstić information content (AvgIpc) is 0.725. The summed E-state index contributed by atoms with van der Waals surface area (Å²) in [6.45, 7) is 0. The molecule has 90 heavy (non-hydrogen) atoms. The van der Waals surface area contributed by atoms with Crippen LogP contribution in [0.15, 0.2) is 170 Å². The van der Waals surface area contributed by atoms with Crippen LogP contribution in [-0.4, -0.2) is 24.7 Å². The molecule has 0 unspecified atom stereocenters. The van der Waals surface area contributed by atoms with Crippen molar-refractivity contribution in [2.24, 2.45) is 0 Å². The first-order chi connectivity index (χ1) is 41.2. The third-order valence-electron chi connectivity index (χ3n) is 12.9. The second kappa shape index (κ2) is 24.1. The van der Waals surface area contributed by atoms with Crippen LogP contribution in [0.3, 0.4) is 0 Å². The van der Waals surface area contributed by atoms with Crippen LogP contribution in [-0.2, 0) is 35.5 Å². The van der Waals surface area contributed by atoms with Gasteiger partial charge >= 0.3 is 49.4 Å². The number of ether oxygens (including phenoxy) is 4. The lowest BCUT2D eigenvalue weighted by molar-refractivity contribution is -0.290. The average molecular weight is 1310 g/mol. The number of halogens is 24. The molecule has 32 heteroatoms. The Hall–Kier alpha value is -9.52. The van der Waals surface area contributed by atoms with Crippen LogP contribution in [0.25, 0.3) is 0 Å². The van der Waals surface area contributed by atoms with E-state index in [4.69, 9.17) is 41.9 Å². The molecule has 0 bridgehead atoms. The lowest BCUT2D eigenvalue weighted by Gasteiger charge is -2.38. The molecule has 0 atom stereocenters. The van der Waals surface area contributed by atoms with Crippen molar-refractivity contribution in [2.45, 2.75) is 60.2 Å². The van der Waals surface area contributed by atoms with Gasteiger partial charge in [0.1, 0.15) is 57.1 Å². The Kier molecular flexibility index (Phi) is 18.2. The van der Waals surface area contributed by atoms with Crippen LogP contribution < -0.4 is 41.9 Å². The molecule has 8 rings (SSSR count). The molecule has 8 aromatic carbocycles. The number of hydrogen-bond acceptors (Lipinski definition) is 8. The molecule has 0 fully saturated rings. The fourth-order valence-corrected chi connectivity index (χ4v) is 8.99. The summed E-state index contributed by atoms with van der Waals surface area (Å²) < 4.78 is 354. The summed E-state index contributed by atoms with van der Waals surface area (Å²) in [5, 5.41) is 0. The molecule has 8 aromatic rings. The van der Waals surface area contributed by atoms with Gasteiger partial charge in [-0.25, -0.2) is 0 Å². The molecule has 0 heterocycles. The van der Waals surface area contributed by atoms with Crippen molar-refractivity contribution in [3.8, 4) is 46.0 Å². The zero-order chi connectivity index (χ0) is 67.2. The van der Waals surface area contributed by atoms with Crippen molar-refractivity contribution in [1.29, 1.82) is 0 Å². The fraction of sp³-hybridized carbons (Fsp3) is 0.172. The number of nitrogens with two attached hydrogens (primary N) is 4. The first-order valence-electron chi connectivity index (χ1n) is 24.5. The van der Waals surface area contributed by atoms with Crippen LogP contribution in [0, 0.1) is 0 Å². The number of rotatable bonds is 12. The Bertz CT molecular complexity index is 3570. The van der Waals surface area contributed by atoms with Gasteiger partial charge in [-0.3, -0.25) is 0 Å². The Morgan fingerprint density at radius 3 is 0.678 bits per heavy atom. The molecule has 0 saturated heterocycles. The maximum Gasteiger partial charge on any atom is 0.420 e. The zero-order valence-corrected chi connectivity index (χ0v) is 44.2. The molecule has 0 aliphatic carbocycles. The number of benzene rings is 8. The maximum absolute atomic E-state index is 14.5. The van der Waals surface area contributed by atoms with E-state index in [2.05, 4.69) is 0 Å². The van der Waals surface area contributed by atoms with Gasteiger partial charge in [0, 0.05) is 34.9 Å². The van der Waals surface area contributed by atoms with E-state index in [1.807, 2.05) is 0 Å². The van der Waals surface area contributed by atoms with E-state index >= 15 is 0 Å². The minimum absolute atomic E-state index is 0.282. The fourth-order valence-electron chi connectivity index (χ4n) is 8.99. The highest BCUT2D eigenvalue weighted by molar-refractivity contribution is 5.56. The summed E-state index contributed by atoms with van der Waals surface area (Å²) in [7, 11) is 0. The van der Waals surface area contributed by atoms with Crippen molar-refractivity contribution in [2.75, 3.05) is 22.9 Å². The largest absolute Gasteiger partial charge is 0.457 e. The Morgan fingerprint density at radius 2 is 0.456 bits per heavy atom. The summed E-state index contributed by atoms with van der Waals surface area (Å²) in [6.07, 6.45) is -43.6. The third kappa shape index (κ3) is 14.5. The van der Waals surface area contributed by atoms with Gasteiger partial charge in [0.15, 0.2) is 0 Å². The standard InChI is InChI=1S/2C29H18F12N2O2/c30-26(31,32)21-13-17(42)5-11-23(21)44-19-7-1-15(2-8-19)25(28(36,37)38,29(39,40)41)16-3-9-20(10-4-16)45-24-12-6-18(43)14-22(24)27(33,34)35;30-26(31,32)17-9-19(42)13-23(11-17)44-21-5-1-15(2-6-21)25(28(36,37)38,29(39,40)41)16-3-7-22(8-4-16)45-24-12-18(27(33,34)35)10-20(43)14-24/h2*1-14H,42-43H2. The molecule has 0 saturated carbocycles. The maximum atomic E-state index is 14.5. The summed E-state index contributed by atoms with van der Waals surface area (Å²) in [5.74, 6) is -4.45. The van der Waals surface area contributed by atoms with Gasteiger partial charge in [-0.2, -0.15) is 105 Å². The molecule has 0 aliphatic rings. The van der Waals surface area contributed by atoms with Gasteiger partial charge < -0.3 is 41.9 Å². The molecule has 8 N–H and O–H groups in total. The van der Waals surface area contributed by atoms with E-state index < -0.39 is 151 Å². The van der Waals surface area contributed by atoms with Crippen LogP contribution in [0.5, 0.6) is 46.0 Å². The van der Waals surface area contributed by atoms with E-state index in [1.54, 1.807) is 0 Å². The molecule has 0 amide bonds. The van der Waals surface area contributed by atoms with Gasteiger partial charge in [-0.05, 0) is 131 Å². The topological polar surface area (TPSA) is 141 Å². The summed E-state index contributed by atoms with van der Waals surface area (Å²) >= 11 is 0. The van der Waals surface area contributed by atoms with E-state index in [-0.39, 0.29) is 22.7 Å². The minimum atomic E-state index is -6.04. The third-order valence-corrected chi connectivity index (χ3v) is 12.9. The molecular formula is C58H36F24N4O4. The van der Waals surface area contributed by atoms with Crippen LogP contribution in [0.2, 0.25) is 0 Å². The minimum Gasteiger partial charge on any atom is -0.457 e. The summed E-state index contributed by atoms with van der Waals surface area (Å²) in [4.78, 5) is 0. The SMILES string of the molecule is Nc1cc(Oc2ccc(C(c3ccc(Oc4cc(N)cc(C(F)(F)F)c4)cc3)(C(F)(F)F)C(F)(F)F)cc2)cc(C(F)(F)F)c1.Nc1ccc(Oc2ccc(C(c3ccc(Oc4ccc(N)cc4C(F)(F)F)cc3)(C(F)(F)F)C(F)(F)F)cc2)c(C(F)(F)F)c1. The van der Waals surface area contributed by atoms with Crippen molar-refractivity contribution in [1.82, 2.24) is 0 Å². The molecule has 0 radical (unpaired) electrons. The monoisotopic (exact) mass is 1310 g/mol. The Labute approximate surface area is 489 Å². The molecule has 0 aliphatic heterocycles. The van der Waals surface area contributed by atoms with Crippen LogP contribution >= 0.6 is 0 Å². The number of anilines is 4. The number of alkyl halides is 24. The van der Waals surface area contributed by atoms with Crippen molar-refractivity contribution in [3.63, 3.8) is 0 Å². The van der Waals surface area contributed by atoms with Crippen LogP contribution in [0.4, 0.5) is 128 Å². The van der Waals surface area contributed by atoms with Gasteiger partial charge in [0.25, 0.3) is 0 Å². The predicted octanol–water partition coefficient (Wildman–Crippen LogP) is 19.8. The molecular weight excluding hydrogens is 1270 g/mol. The van der Waals surface area contributed by atoms with Crippen molar-refractivity contribution >= 4 is 22.7 Å². The quantitative estimate of drug-likeness (QED) is 0.0700. The molecule has 8 nitrogen and oxygen atoms in total. The van der Waals surface area contributed by atoms with E-state index in [0.717, 1.165) is 36.4 Å². The Morgan fingerprint density at radius 1 is 0.211 bits per heavy atom. The number of hydrogen-bond donors (Lipinski definition) is 4. The van der Waals surface area contributed by atoms with Gasteiger partial charge in [0.05, 0.1) is 11.1 Å². The van der Waals surface area contributed by atoms with Crippen LogP contribution in [0.1, 0.15) is 44.5 Å². The van der Waals surface area contributed by atoms with E-state index in [1.165, 1.54) is 0 Å². The normalized spacial score (nSPS) is 13.1. The van der Waals surface area contributed by atoms with Gasteiger partial charge in [0.2, 0.25) is 10.8 Å². The van der Waals surface area contributed by atoms with E-state index in [0.29, 0.717) is 133 Å². The molecule has 0 aromatic heterocycles. The molecule has 480 valence electrons. The summed E-state index contributed by atoms with van der Waals surface area (Å²) in [5.41, 5.74) is 0.542. The van der Waals surface area contributed by atoms with Gasteiger partial charge in [-0.15, -0.1) is 0 Å². The van der Waals surface area contributed by atoms with Crippen molar-refractivity contribution < 1.29 is 124 Å². The van der Waals surface area contributed by atoms with E-state index in [9.17, 15) is 105 Å². The first-order valence-corrected chi connectivity index (χ1v) is 24.5. The number of nitrogen functional groups attached to an aromatic ring is 4. The molecule has 0 spiro atoms.